The number of fused-ring (bicyclic) bond motifs is 1. The standard InChI is InChI=1S/C23H27N3O2S/c1-16-6-4-5-13-26(16)15-17-9-11-18(12-10-17)24-22(27)14-21-23(28)25-19-7-2-3-8-20(19)29-21/h2-3,7-12,16,21H,4-6,13-15H2,1H3,(H,24,27)(H,25,28). The molecule has 0 aliphatic carbocycles. The van der Waals surface area contributed by atoms with E-state index in [9.17, 15) is 9.59 Å². The number of anilines is 2. The molecule has 0 aromatic heterocycles. The van der Waals surface area contributed by atoms with Crippen molar-refractivity contribution in [2.24, 2.45) is 0 Å². The molecule has 0 bridgehead atoms. The Morgan fingerprint density at radius 3 is 2.76 bits per heavy atom. The van der Waals surface area contributed by atoms with Gasteiger partial charge in [0, 0.05) is 29.6 Å². The van der Waals surface area contributed by atoms with E-state index in [1.807, 2.05) is 36.4 Å². The summed E-state index contributed by atoms with van der Waals surface area (Å²) in [7, 11) is 0. The van der Waals surface area contributed by atoms with Crippen LogP contribution in [0.3, 0.4) is 0 Å². The maximum absolute atomic E-state index is 12.5. The van der Waals surface area contributed by atoms with Gasteiger partial charge >= 0.3 is 0 Å². The van der Waals surface area contributed by atoms with Crippen LogP contribution in [0.4, 0.5) is 11.4 Å². The van der Waals surface area contributed by atoms with Crippen molar-refractivity contribution in [3.63, 3.8) is 0 Å². The van der Waals surface area contributed by atoms with Crippen LogP contribution in [0, 0.1) is 0 Å². The zero-order valence-corrected chi connectivity index (χ0v) is 17.5. The smallest absolute Gasteiger partial charge is 0.238 e. The first-order valence-electron chi connectivity index (χ1n) is 10.3. The predicted octanol–water partition coefficient (Wildman–Crippen LogP) is 4.50. The Balaban J connectivity index is 1.31. The molecular formula is C23H27N3O2S. The van der Waals surface area contributed by atoms with Gasteiger partial charge in [-0.25, -0.2) is 0 Å². The molecule has 1 fully saturated rings. The zero-order chi connectivity index (χ0) is 20.2. The number of amides is 2. The molecule has 2 atom stereocenters. The van der Waals surface area contributed by atoms with Crippen molar-refractivity contribution in [3.05, 3.63) is 54.1 Å². The van der Waals surface area contributed by atoms with Gasteiger partial charge < -0.3 is 10.6 Å². The normalized spacial score (nSPS) is 21.9. The summed E-state index contributed by atoms with van der Waals surface area (Å²) in [5.41, 5.74) is 2.85. The molecule has 2 aliphatic rings. The Kier molecular flexibility index (Phi) is 6.21. The molecule has 2 N–H and O–H groups in total. The molecule has 6 heteroatoms. The monoisotopic (exact) mass is 409 g/mol. The molecule has 2 amide bonds. The second-order valence-electron chi connectivity index (χ2n) is 7.86. The molecule has 2 heterocycles. The number of rotatable bonds is 5. The van der Waals surface area contributed by atoms with E-state index in [0.29, 0.717) is 6.04 Å². The fourth-order valence-electron chi connectivity index (χ4n) is 3.93. The topological polar surface area (TPSA) is 61.4 Å². The van der Waals surface area contributed by atoms with E-state index >= 15 is 0 Å². The van der Waals surface area contributed by atoms with Crippen molar-refractivity contribution in [2.75, 3.05) is 17.2 Å². The van der Waals surface area contributed by atoms with Crippen LogP contribution in [-0.4, -0.2) is 34.6 Å². The highest BCUT2D eigenvalue weighted by Gasteiger charge is 2.28. The predicted molar refractivity (Wildman–Crippen MR) is 118 cm³/mol. The summed E-state index contributed by atoms with van der Waals surface area (Å²) >= 11 is 1.45. The van der Waals surface area contributed by atoms with Crippen molar-refractivity contribution in [1.29, 1.82) is 0 Å². The number of thioether (sulfide) groups is 1. The summed E-state index contributed by atoms with van der Waals surface area (Å²) in [6.07, 6.45) is 4.02. The lowest BCUT2D eigenvalue weighted by molar-refractivity contribution is -0.120. The average Bonchev–Trinajstić information content (AvgIpc) is 2.72. The first-order chi connectivity index (χ1) is 14.1. The molecule has 1 saturated heterocycles. The minimum atomic E-state index is -0.412. The van der Waals surface area contributed by atoms with Gasteiger partial charge in [-0.2, -0.15) is 0 Å². The van der Waals surface area contributed by atoms with Crippen molar-refractivity contribution >= 4 is 35.0 Å². The molecule has 2 aromatic rings. The van der Waals surface area contributed by atoms with Gasteiger partial charge in [-0.05, 0) is 56.1 Å². The highest BCUT2D eigenvalue weighted by atomic mass is 32.2. The zero-order valence-electron chi connectivity index (χ0n) is 16.7. The van der Waals surface area contributed by atoms with E-state index in [1.54, 1.807) is 0 Å². The van der Waals surface area contributed by atoms with Gasteiger partial charge in [-0.15, -0.1) is 11.8 Å². The van der Waals surface area contributed by atoms with Gasteiger partial charge in [0.2, 0.25) is 11.8 Å². The number of hydrogen-bond donors (Lipinski definition) is 2. The van der Waals surface area contributed by atoms with Crippen LogP contribution in [0.25, 0.3) is 0 Å². The van der Waals surface area contributed by atoms with Crippen LogP contribution in [0.1, 0.15) is 38.2 Å². The Morgan fingerprint density at radius 2 is 1.97 bits per heavy atom. The molecule has 0 saturated carbocycles. The van der Waals surface area contributed by atoms with Gasteiger partial charge in [-0.3, -0.25) is 14.5 Å². The number of carbonyl (C=O) groups is 2. The highest BCUT2D eigenvalue weighted by molar-refractivity contribution is 8.01. The van der Waals surface area contributed by atoms with Crippen LogP contribution >= 0.6 is 11.8 Å². The third kappa shape index (κ3) is 5.00. The number of benzene rings is 2. The maximum atomic E-state index is 12.5. The van der Waals surface area contributed by atoms with E-state index < -0.39 is 5.25 Å². The lowest BCUT2D eigenvalue weighted by Gasteiger charge is -2.33. The molecule has 4 rings (SSSR count). The SMILES string of the molecule is CC1CCCCN1Cc1ccc(NC(=O)CC2Sc3ccccc3NC2=O)cc1. The molecule has 2 aromatic carbocycles. The van der Waals surface area contributed by atoms with Crippen molar-refractivity contribution in [1.82, 2.24) is 4.90 Å². The lowest BCUT2D eigenvalue weighted by Crippen LogP contribution is -2.36. The molecule has 0 spiro atoms. The fraction of sp³-hybridized carbons (Fsp3) is 0.391. The number of nitrogens with zero attached hydrogens (tertiary/aromatic N) is 1. The molecule has 152 valence electrons. The van der Waals surface area contributed by atoms with Gasteiger partial charge in [-0.1, -0.05) is 30.7 Å². The summed E-state index contributed by atoms with van der Waals surface area (Å²) in [5, 5.41) is 5.40. The molecule has 29 heavy (non-hydrogen) atoms. The minimum Gasteiger partial charge on any atom is -0.326 e. The average molecular weight is 410 g/mol. The Labute approximate surface area is 176 Å². The third-order valence-corrected chi connectivity index (χ3v) is 6.92. The van der Waals surface area contributed by atoms with Crippen molar-refractivity contribution in [2.45, 2.75) is 55.3 Å². The van der Waals surface area contributed by atoms with E-state index in [-0.39, 0.29) is 18.2 Å². The molecule has 2 unspecified atom stereocenters. The number of nitrogens with one attached hydrogen (secondary N) is 2. The summed E-state index contributed by atoms with van der Waals surface area (Å²) in [6.45, 7) is 4.41. The lowest BCUT2D eigenvalue weighted by atomic mass is 10.0. The summed E-state index contributed by atoms with van der Waals surface area (Å²) in [5.74, 6) is -0.260. The van der Waals surface area contributed by atoms with Gasteiger partial charge in [0.05, 0.1) is 10.9 Å². The largest absolute Gasteiger partial charge is 0.326 e. The molecule has 2 aliphatic heterocycles. The number of likely N-dealkylation sites (tertiary alicyclic amines) is 1. The van der Waals surface area contributed by atoms with Crippen LogP contribution < -0.4 is 10.6 Å². The minimum absolute atomic E-state index is 0.116. The number of para-hydroxylation sites is 1. The van der Waals surface area contributed by atoms with Crippen LogP contribution in [-0.2, 0) is 16.1 Å². The maximum Gasteiger partial charge on any atom is 0.238 e. The summed E-state index contributed by atoms with van der Waals surface area (Å²) < 4.78 is 0. The van der Waals surface area contributed by atoms with Crippen molar-refractivity contribution in [3.8, 4) is 0 Å². The Morgan fingerprint density at radius 1 is 1.17 bits per heavy atom. The molecular weight excluding hydrogens is 382 g/mol. The molecule has 0 radical (unpaired) electrons. The first kappa shape index (κ1) is 20.0. The molecule has 5 nitrogen and oxygen atoms in total. The van der Waals surface area contributed by atoms with Crippen LogP contribution in [0.2, 0.25) is 0 Å². The van der Waals surface area contributed by atoms with Crippen LogP contribution in [0.15, 0.2) is 53.4 Å². The van der Waals surface area contributed by atoms with E-state index in [1.165, 1.54) is 36.6 Å². The Hall–Kier alpha value is -2.31. The number of hydrogen-bond acceptors (Lipinski definition) is 4. The first-order valence-corrected chi connectivity index (χ1v) is 11.2. The quantitative estimate of drug-likeness (QED) is 0.763. The fourth-order valence-corrected chi connectivity index (χ4v) is 5.04. The number of piperidine rings is 1. The summed E-state index contributed by atoms with van der Waals surface area (Å²) in [6, 6.07) is 16.4. The summed E-state index contributed by atoms with van der Waals surface area (Å²) in [4.78, 5) is 28.3. The van der Waals surface area contributed by atoms with E-state index in [0.717, 1.165) is 29.4 Å². The third-order valence-electron chi connectivity index (χ3n) is 5.64. The Bertz CT molecular complexity index is 884. The van der Waals surface area contributed by atoms with Gasteiger partial charge in [0.25, 0.3) is 0 Å². The highest BCUT2D eigenvalue weighted by Crippen LogP contribution is 2.36. The van der Waals surface area contributed by atoms with Crippen LogP contribution in [0.5, 0.6) is 0 Å². The van der Waals surface area contributed by atoms with Gasteiger partial charge in [0.15, 0.2) is 0 Å². The van der Waals surface area contributed by atoms with Gasteiger partial charge in [0.1, 0.15) is 0 Å². The number of carbonyl (C=O) groups excluding carboxylic acids is 2. The van der Waals surface area contributed by atoms with E-state index in [2.05, 4.69) is 34.6 Å². The second-order valence-corrected chi connectivity index (χ2v) is 9.10. The van der Waals surface area contributed by atoms with E-state index in [4.69, 9.17) is 0 Å². The van der Waals surface area contributed by atoms with Crippen molar-refractivity contribution < 1.29 is 9.59 Å². The second kappa shape index (κ2) is 9.01.